The first-order chi connectivity index (χ1) is 14.4. The Kier molecular flexibility index (Phi) is 5.06. The molecule has 0 spiro atoms. The summed E-state index contributed by atoms with van der Waals surface area (Å²) in [6.45, 7) is 3.78. The fraction of sp³-hybridized carbons (Fsp3) is 0.0833. The number of benzene rings is 2. The first kappa shape index (κ1) is 19.7. The average Bonchev–Trinajstić information content (AvgIpc) is 3.03. The first-order valence-electron chi connectivity index (χ1n) is 9.45. The van der Waals surface area contributed by atoms with Crippen LogP contribution in [0.2, 0.25) is 5.02 Å². The third kappa shape index (κ3) is 3.33. The lowest BCUT2D eigenvalue weighted by atomic mass is 10.0. The number of aryl methyl sites for hydroxylation is 1. The number of carbonyl (C=O) groups excluding carboxylic acids is 2. The molecule has 0 unspecified atom stereocenters. The number of rotatable bonds is 4. The number of hydrogen-bond donors (Lipinski definition) is 2. The number of nitrogens with zero attached hydrogens (tertiary/aromatic N) is 1. The highest BCUT2D eigenvalue weighted by atomic mass is 35.5. The van der Waals surface area contributed by atoms with Crippen LogP contribution in [0.3, 0.4) is 0 Å². The highest BCUT2D eigenvalue weighted by Crippen LogP contribution is 2.30. The molecule has 30 heavy (non-hydrogen) atoms. The van der Waals surface area contributed by atoms with Crippen molar-refractivity contribution in [1.29, 1.82) is 0 Å². The maximum atomic E-state index is 13.2. The molecule has 0 fully saturated rings. The van der Waals surface area contributed by atoms with Gasteiger partial charge in [-0.15, -0.1) is 0 Å². The summed E-state index contributed by atoms with van der Waals surface area (Å²) in [5, 5.41) is 3.43. The van der Waals surface area contributed by atoms with E-state index < -0.39 is 5.91 Å². The number of aromatic nitrogens is 1. The number of anilines is 2. The number of nitrogen functional groups attached to an aromatic ring is 1. The Balaban J connectivity index is 1.82. The fourth-order valence-corrected chi connectivity index (χ4v) is 3.64. The summed E-state index contributed by atoms with van der Waals surface area (Å²) in [6, 6.07) is 17.9. The molecule has 0 bridgehead atoms. The summed E-state index contributed by atoms with van der Waals surface area (Å²) in [5.74, 6) is -0.642. The van der Waals surface area contributed by atoms with Crippen molar-refractivity contribution in [3.8, 4) is 0 Å². The Bertz CT molecular complexity index is 1290. The highest BCUT2D eigenvalue weighted by Gasteiger charge is 2.26. The van der Waals surface area contributed by atoms with E-state index in [4.69, 9.17) is 17.3 Å². The van der Waals surface area contributed by atoms with Crippen molar-refractivity contribution in [1.82, 2.24) is 4.40 Å². The molecular weight excluding hydrogens is 398 g/mol. The van der Waals surface area contributed by atoms with E-state index in [1.807, 2.05) is 26.0 Å². The normalized spacial score (nSPS) is 10.9. The zero-order valence-electron chi connectivity index (χ0n) is 16.6. The number of carbonyl (C=O) groups is 2. The van der Waals surface area contributed by atoms with Crippen LogP contribution < -0.4 is 11.1 Å². The van der Waals surface area contributed by atoms with E-state index in [1.54, 1.807) is 59.1 Å². The molecule has 2 aromatic carbocycles. The van der Waals surface area contributed by atoms with Crippen LogP contribution in [0.25, 0.3) is 5.52 Å². The third-order valence-electron chi connectivity index (χ3n) is 5.15. The molecule has 0 aliphatic carbocycles. The Labute approximate surface area is 179 Å². The highest BCUT2D eigenvalue weighted by molar-refractivity contribution is 6.32. The van der Waals surface area contributed by atoms with Crippen LogP contribution in [0.1, 0.15) is 37.5 Å². The number of ketones is 1. The topological polar surface area (TPSA) is 76.6 Å². The lowest BCUT2D eigenvalue weighted by Crippen LogP contribution is -2.15. The molecule has 2 aromatic heterocycles. The number of pyridine rings is 1. The van der Waals surface area contributed by atoms with Crippen molar-refractivity contribution in [2.75, 3.05) is 11.1 Å². The van der Waals surface area contributed by atoms with Gasteiger partial charge in [0.15, 0.2) is 0 Å². The standard InChI is InChI=1S/C24H20ClN3O2/c1-14-9-11-16(12-10-14)23(29)22-21(26)20(19-8-3-4-13-28(19)22)24(30)27-18-7-5-6-17(25)15(18)2/h3-13H,26H2,1-2H3,(H,27,30). The summed E-state index contributed by atoms with van der Waals surface area (Å²) in [6.07, 6.45) is 1.73. The van der Waals surface area contributed by atoms with Crippen molar-refractivity contribution >= 4 is 40.2 Å². The lowest BCUT2D eigenvalue weighted by Gasteiger charge is -2.09. The molecule has 5 nitrogen and oxygen atoms in total. The van der Waals surface area contributed by atoms with E-state index in [0.717, 1.165) is 11.1 Å². The fourth-order valence-electron chi connectivity index (χ4n) is 3.47. The summed E-state index contributed by atoms with van der Waals surface area (Å²) >= 11 is 6.17. The van der Waals surface area contributed by atoms with Gasteiger partial charge in [-0.2, -0.15) is 0 Å². The summed E-state index contributed by atoms with van der Waals surface area (Å²) in [5.41, 5.74) is 10.5. The zero-order valence-corrected chi connectivity index (χ0v) is 17.3. The van der Waals surface area contributed by atoms with Crippen molar-refractivity contribution in [3.63, 3.8) is 0 Å². The van der Waals surface area contributed by atoms with Gasteiger partial charge in [-0.05, 0) is 43.7 Å². The first-order valence-corrected chi connectivity index (χ1v) is 9.82. The second kappa shape index (κ2) is 7.69. The van der Waals surface area contributed by atoms with E-state index in [1.165, 1.54) is 0 Å². The van der Waals surface area contributed by atoms with E-state index >= 15 is 0 Å². The maximum absolute atomic E-state index is 13.2. The molecule has 4 rings (SSSR count). The second-order valence-electron chi connectivity index (χ2n) is 7.15. The van der Waals surface area contributed by atoms with Gasteiger partial charge in [-0.25, -0.2) is 0 Å². The van der Waals surface area contributed by atoms with Crippen LogP contribution in [0.4, 0.5) is 11.4 Å². The maximum Gasteiger partial charge on any atom is 0.259 e. The molecule has 1 amide bonds. The van der Waals surface area contributed by atoms with Gasteiger partial charge < -0.3 is 15.5 Å². The number of hydrogen-bond acceptors (Lipinski definition) is 3. The molecule has 0 aliphatic heterocycles. The van der Waals surface area contributed by atoms with E-state index in [9.17, 15) is 9.59 Å². The van der Waals surface area contributed by atoms with Crippen molar-refractivity contribution in [2.45, 2.75) is 13.8 Å². The molecule has 6 heteroatoms. The Morgan fingerprint density at radius 2 is 1.70 bits per heavy atom. The van der Waals surface area contributed by atoms with Crippen LogP contribution in [0.5, 0.6) is 0 Å². The van der Waals surface area contributed by atoms with Gasteiger partial charge in [0, 0.05) is 22.5 Å². The van der Waals surface area contributed by atoms with E-state index in [0.29, 0.717) is 21.8 Å². The minimum absolute atomic E-state index is 0.143. The predicted molar refractivity (Wildman–Crippen MR) is 121 cm³/mol. The van der Waals surface area contributed by atoms with E-state index in [-0.39, 0.29) is 22.7 Å². The van der Waals surface area contributed by atoms with Gasteiger partial charge in [0.2, 0.25) is 5.78 Å². The minimum atomic E-state index is -0.399. The van der Waals surface area contributed by atoms with Crippen LogP contribution in [0, 0.1) is 13.8 Å². The Morgan fingerprint density at radius 1 is 0.967 bits per heavy atom. The molecule has 0 saturated heterocycles. The van der Waals surface area contributed by atoms with Gasteiger partial charge in [-0.3, -0.25) is 9.59 Å². The largest absolute Gasteiger partial charge is 0.396 e. The molecule has 3 N–H and O–H groups in total. The van der Waals surface area contributed by atoms with Gasteiger partial charge in [0.25, 0.3) is 5.91 Å². The quantitative estimate of drug-likeness (QED) is 0.444. The summed E-state index contributed by atoms with van der Waals surface area (Å²) in [4.78, 5) is 26.4. The van der Waals surface area contributed by atoms with Crippen LogP contribution in [-0.4, -0.2) is 16.1 Å². The predicted octanol–water partition coefficient (Wildman–Crippen LogP) is 5.28. The van der Waals surface area contributed by atoms with Crippen LogP contribution in [0.15, 0.2) is 66.9 Å². The molecule has 2 heterocycles. The lowest BCUT2D eigenvalue weighted by molar-refractivity contribution is 0.102. The molecule has 0 saturated carbocycles. The Morgan fingerprint density at radius 3 is 2.43 bits per heavy atom. The number of halogens is 1. The average molecular weight is 418 g/mol. The van der Waals surface area contributed by atoms with E-state index in [2.05, 4.69) is 5.32 Å². The molecule has 150 valence electrons. The molecule has 0 radical (unpaired) electrons. The minimum Gasteiger partial charge on any atom is -0.396 e. The van der Waals surface area contributed by atoms with Crippen molar-refractivity contribution in [2.24, 2.45) is 0 Å². The molecule has 0 aliphatic rings. The summed E-state index contributed by atoms with van der Waals surface area (Å²) < 4.78 is 1.66. The van der Waals surface area contributed by atoms with Crippen LogP contribution in [-0.2, 0) is 0 Å². The van der Waals surface area contributed by atoms with Gasteiger partial charge >= 0.3 is 0 Å². The number of fused-ring (bicyclic) bond motifs is 1. The number of nitrogens with two attached hydrogens (primary N) is 1. The zero-order chi connectivity index (χ0) is 21.4. The second-order valence-corrected chi connectivity index (χ2v) is 7.56. The summed E-state index contributed by atoms with van der Waals surface area (Å²) in [7, 11) is 0. The smallest absolute Gasteiger partial charge is 0.259 e. The Hall–Kier alpha value is -3.57. The van der Waals surface area contributed by atoms with Gasteiger partial charge in [0.05, 0.1) is 16.8 Å². The molecule has 0 atom stereocenters. The van der Waals surface area contributed by atoms with Gasteiger partial charge in [0.1, 0.15) is 5.69 Å². The van der Waals surface area contributed by atoms with Crippen molar-refractivity contribution in [3.05, 3.63) is 99.8 Å². The molecular formula is C24H20ClN3O2. The molecule has 4 aromatic rings. The van der Waals surface area contributed by atoms with Crippen molar-refractivity contribution < 1.29 is 9.59 Å². The monoisotopic (exact) mass is 417 g/mol. The number of amides is 1. The number of nitrogens with one attached hydrogen (secondary N) is 1. The van der Waals surface area contributed by atoms with Gasteiger partial charge in [-0.1, -0.05) is 53.6 Å². The van der Waals surface area contributed by atoms with Crippen LogP contribution >= 0.6 is 11.6 Å². The SMILES string of the molecule is Cc1ccc(C(=O)c2c(N)c(C(=O)Nc3cccc(Cl)c3C)c3ccccn23)cc1. The third-order valence-corrected chi connectivity index (χ3v) is 5.56.